The molecule has 2 aromatic rings. The highest BCUT2D eigenvalue weighted by molar-refractivity contribution is 14.0. The summed E-state index contributed by atoms with van der Waals surface area (Å²) in [6.45, 7) is 4.51. The second-order valence-electron chi connectivity index (χ2n) is 6.18. The van der Waals surface area contributed by atoms with Crippen LogP contribution in [0.4, 0.5) is 5.69 Å². The van der Waals surface area contributed by atoms with Crippen LogP contribution in [0, 0.1) is 0 Å². The maximum atomic E-state index is 5.72. The molecule has 0 spiro atoms. The Hall–Kier alpha value is -2.20. The predicted octanol–water partition coefficient (Wildman–Crippen LogP) is 4.31. The van der Waals surface area contributed by atoms with Gasteiger partial charge in [-0.05, 0) is 43.2 Å². The van der Waals surface area contributed by atoms with Crippen LogP contribution in [0.2, 0.25) is 0 Å². The smallest absolute Gasteiger partial charge is 0.195 e. The molecule has 0 heterocycles. The molecule has 30 heavy (non-hydrogen) atoms. The van der Waals surface area contributed by atoms with E-state index < -0.39 is 0 Å². The Bertz CT molecular complexity index is 769. The number of nitrogens with zero attached hydrogens (tertiary/aromatic N) is 1. The van der Waals surface area contributed by atoms with E-state index in [1.54, 1.807) is 21.3 Å². The van der Waals surface area contributed by atoms with E-state index in [4.69, 9.17) is 18.9 Å². The van der Waals surface area contributed by atoms with Crippen LogP contribution in [0.15, 0.2) is 47.5 Å². The molecular weight excluding hydrogens is 497 g/mol. The van der Waals surface area contributed by atoms with Gasteiger partial charge >= 0.3 is 0 Å². The summed E-state index contributed by atoms with van der Waals surface area (Å²) >= 11 is 0. The molecule has 0 unspecified atom stereocenters. The lowest BCUT2D eigenvalue weighted by atomic mass is 10.2. The van der Waals surface area contributed by atoms with Crippen LogP contribution in [0.25, 0.3) is 0 Å². The van der Waals surface area contributed by atoms with Gasteiger partial charge in [0.1, 0.15) is 5.75 Å². The van der Waals surface area contributed by atoms with Gasteiger partial charge in [0.15, 0.2) is 17.5 Å². The number of nitrogens with one attached hydrogen (secondary N) is 2. The molecular formula is C22H32IN3O4. The molecule has 2 N–H and O–H groups in total. The quantitative estimate of drug-likeness (QED) is 0.196. The van der Waals surface area contributed by atoms with Gasteiger partial charge in [0.2, 0.25) is 0 Å². The molecule has 0 saturated carbocycles. The normalized spacial score (nSPS) is 10.7. The fourth-order valence-electron chi connectivity index (χ4n) is 2.63. The van der Waals surface area contributed by atoms with Crippen molar-refractivity contribution in [1.82, 2.24) is 5.32 Å². The Kier molecular flexibility index (Phi) is 12.7. The molecule has 0 atom stereocenters. The van der Waals surface area contributed by atoms with Crippen LogP contribution in [-0.4, -0.2) is 47.0 Å². The third-order valence-corrected chi connectivity index (χ3v) is 4.14. The zero-order chi connectivity index (χ0) is 20.9. The summed E-state index contributed by atoms with van der Waals surface area (Å²) in [4.78, 5) is 4.25. The molecule has 8 heteroatoms. The van der Waals surface area contributed by atoms with Crippen LogP contribution in [0.5, 0.6) is 17.2 Å². The van der Waals surface area contributed by atoms with Gasteiger partial charge in [0.25, 0.3) is 0 Å². The highest BCUT2D eigenvalue weighted by Gasteiger charge is 2.07. The summed E-state index contributed by atoms with van der Waals surface area (Å²) in [7, 11) is 5.03. The number of halogens is 1. The first-order valence-corrected chi connectivity index (χ1v) is 9.69. The number of benzene rings is 2. The van der Waals surface area contributed by atoms with Crippen molar-refractivity contribution in [2.24, 2.45) is 4.99 Å². The first kappa shape index (κ1) is 25.8. The lowest BCUT2D eigenvalue weighted by molar-refractivity contribution is 0.119. The van der Waals surface area contributed by atoms with Crippen molar-refractivity contribution in [3.05, 3.63) is 48.0 Å². The largest absolute Gasteiger partial charge is 0.497 e. The number of hydrogen-bond donors (Lipinski definition) is 2. The Labute approximate surface area is 196 Å². The topological polar surface area (TPSA) is 73.3 Å². The van der Waals surface area contributed by atoms with Crippen molar-refractivity contribution in [3.8, 4) is 17.2 Å². The maximum absolute atomic E-state index is 5.72. The third kappa shape index (κ3) is 8.66. The Morgan fingerprint density at radius 3 is 2.40 bits per heavy atom. The number of anilines is 1. The molecule has 166 valence electrons. The summed E-state index contributed by atoms with van der Waals surface area (Å²) in [6.07, 6.45) is 0.865. The van der Waals surface area contributed by atoms with Crippen LogP contribution < -0.4 is 24.8 Å². The molecule has 0 amide bonds. The van der Waals surface area contributed by atoms with Crippen LogP contribution in [0.1, 0.15) is 18.9 Å². The summed E-state index contributed by atoms with van der Waals surface area (Å²) in [5.74, 6) is 2.94. The fraction of sp³-hybridized carbons (Fsp3) is 0.409. The molecule has 0 bridgehead atoms. The zero-order valence-electron chi connectivity index (χ0n) is 18.1. The predicted molar refractivity (Wildman–Crippen MR) is 132 cm³/mol. The van der Waals surface area contributed by atoms with Gasteiger partial charge in [-0.3, -0.25) is 4.99 Å². The van der Waals surface area contributed by atoms with Crippen molar-refractivity contribution >= 4 is 35.6 Å². The van der Waals surface area contributed by atoms with Crippen molar-refractivity contribution in [2.45, 2.75) is 20.0 Å². The fourth-order valence-corrected chi connectivity index (χ4v) is 2.63. The average molecular weight is 529 g/mol. The monoisotopic (exact) mass is 529 g/mol. The van der Waals surface area contributed by atoms with E-state index in [-0.39, 0.29) is 24.0 Å². The van der Waals surface area contributed by atoms with Crippen molar-refractivity contribution in [2.75, 3.05) is 46.3 Å². The molecule has 7 nitrogen and oxygen atoms in total. The lowest BCUT2D eigenvalue weighted by Gasteiger charge is -2.14. The SMILES string of the molecule is CCOc1cc(NC(=NC)NCCCOCc2ccc(OC)cc2)ccc1OC.I. The van der Waals surface area contributed by atoms with E-state index in [9.17, 15) is 0 Å². The standard InChI is InChI=1S/C22H31N3O4.HI/c1-5-29-21-15-18(9-12-20(21)27-4)25-22(23-2)24-13-6-14-28-16-17-7-10-19(26-3)11-8-17;/h7-12,15H,5-6,13-14,16H2,1-4H3,(H2,23,24,25);1H. The van der Waals surface area contributed by atoms with Gasteiger partial charge in [0, 0.05) is 32.0 Å². The molecule has 2 rings (SSSR count). The maximum Gasteiger partial charge on any atom is 0.195 e. The van der Waals surface area contributed by atoms with Gasteiger partial charge in [-0.2, -0.15) is 0 Å². The molecule has 0 aliphatic heterocycles. The highest BCUT2D eigenvalue weighted by atomic mass is 127. The average Bonchev–Trinajstić information content (AvgIpc) is 2.76. The molecule has 0 saturated heterocycles. The van der Waals surface area contributed by atoms with E-state index in [0.29, 0.717) is 37.3 Å². The third-order valence-electron chi connectivity index (χ3n) is 4.14. The van der Waals surface area contributed by atoms with E-state index in [1.165, 1.54) is 0 Å². The molecule has 0 fully saturated rings. The second-order valence-corrected chi connectivity index (χ2v) is 6.18. The Balaban J connectivity index is 0.00000450. The first-order chi connectivity index (χ1) is 14.2. The summed E-state index contributed by atoms with van der Waals surface area (Å²) in [6, 6.07) is 13.6. The van der Waals surface area contributed by atoms with Gasteiger partial charge < -0.3 is 29.6 Å². The van der Waals surface area contributed by atoms with E-state index in [2.05, 4.69) is 15.6 Å². The zero-order valence-corrected chi connectivity index (χ0v) is 20.4. The van der Waals surface area contributed by atoms with E-state index >= 15 is 0 Å². The van der Waals surface area contributed by atoms with Gasteiger partial charge in [-0.15, -0.1) is 24.0 Å². The second kappa shape index (κ2) is 14.7. The molecule has 0 aromatic heterocycles. The van der Waals surface area contributed by atoms with Crippen LogP contribution >= 0.6 is 24.0 Å². The number of ether oxygens (including phenoxy) is 4. The minimum Gasteiger partial charge on any atom is -0.497 e. The summed E-state index contributed by atoms with van der Waals surface area (Å²) in [5.41, 5.74) is 2.00. The van der Waals surface area contributed by atoms with Crippen molar-refractivity contribution < 1.29 is 18.9 Å². The van der Waals surface area contributed by atoms with Gasteiger partial charge in [0.05, 0.1) is 27.4 Å². The number of guanidine groups is 1. The summed E-state index contributed by atoms with van der Waals surface area (Å²) in [5, 5.41) is 6.54. The van der Waals surface area contributed by atoms with Gasteiger partial charge in [-0.25, -0.2) is 0 Å². The Morgan fingerprint density at radius 1 is 1.00 bits per heavy atom. The first-order valence-electron chi connectivity index (χ1n) is 9.69. The van der Waals surface area contributed by atoms with Crippen molar-refractivity contribution in [3.63, 3.8) is 0 Å². The minimum absolute atomic E-state index is 0. The van der Waals surface area contributed by atoms with Crippen molar-refractivity contribution in [1.29, 1.82) is 0 Å². The van der Waals surface area contributed by atoms with E-state index in [0.717, 1.165) is 30.0 Å². The molecule has 0 radical (unpaired) electrons. The Morgan fingerprint density at radius 2 is 1.77 bits per heavy atom. The molecule has 0 aliphatic rings. The molecule has 0 aliphatic carbocycles. The van der Waals surface area contributed by atoms with Crippen LogP contribution in [0.3, 0.4) is 0 Å². The molecule has 2 aromatic carbocycles. The van der Waals surface area contributed by atoms with Gasteiger partial charge in [-0.1, -0.05) is 12.1 Å². The minimum atomic E-state index is 0. The number of aliphatic imine (C=N–C) groups is 1. The number of rotatable bonds is 11. The summed E-state index contributed by atoms with van der Waals surface area (Å²) < 4.78 is 21.8. The van der Waals surface area contributed by atoms with Crippen LogP contribution in [-0.2, 0) is 11.3 Å². The number of hydrogen-bond acceptors (Lipinski definition) is 5. The highest BCUT2D eigenvalue weighted by Crippen LogP contribution is 2.30. The lowest BCUT2D eigenvalue weighted by Crippen LogP contribution is -2.31. The number of methoxy groups -OCH3 is 2. The van der Waals surface area contributed by atoms with E-state index in [1.807, 2.05) is 49.4 Å².